The van der Waals surface area contributed by atoms with E-state index in [1.165, 1.54) is 0 Å². The standard InChI is InChI=1S/C8H17NO3/c1-5(2)9-3-7-8(11)6(10)4-12-7/h5-11H,3-4H2,1-2H3/t6-,7+,8-/m0/s1. The van der Waals surface area contributed by atoms with Crippen molar-refractivity contribution in [2.75, 3.05) is 13.2 Å². The van der Waals surface area contributed by atoms with E-state index < -0.39 is 12.2 Å². The lowest BCUT2D eigenvalue weighted by Gasteiger charge is -2.16. The molecule has 1 heterocycles. The Morgan fingerprint density at radius 3 is 2.58 bits per heavy atom. The molecule has 3 atom stereocenters. The Bertz CT molecular complexity index is 140. The van der Waals surface area contributed by atoms with Gasteiger partial charge in [-0.2, -0.15) is 0 Å². The van der Waals surface area contributed by atoms with Crippen molar-refractivity contribution in [2.24, 2.45) is 0 Å². The average Bonchev–Trinajstić information content (AvgIpc) is 2.30. The summed E-state index contributed by atoms with van der Waals surface area (Å²) >= 11 is 0. The fourth-order valence-electron chi connectivity index (χ4n) is 1.20. The Morgan fingerprint density at radius 2 is 2.17 bits per heavy atom. The minimum atomic E-state index is -0.740. The predicted molar refractivity (Wildman–Crippen MR) is 44.9 cm³/mol. The van der Waals surface area contributed by atoms with Gasteiger partial charge in [0.2, 0.25) is 0 Å². The Balaban J connectivity index is 2.24. The molecule has 4 heteroatoms. The SMILES string of the molecule is CC(C)NC[C@H]1OC[C@H](O)[C@@H]1O. The fraction of sp³-hybridized carbons (Fsp3) is 1.00. The minimum Gasteiger partial charge on any atom is -0.388 e. The van der Waals surface area contributed by atoms with Crippen LogP contribution in [0, 0.1) is 0 Å². The number of aliphatic hydroxyl groups is 2. The molecule has 1 aliphatic heterocycles. The van der Waals surface area contributed by atoms with Crippen molar-refractivity contribution in [2.45, 2.75) is 38.2 Å². The van der Waals surface area contributed by atoms with Gasteiger partial charge in [0.15, 0.2) is 0 Å². The summed E-state index contributed by atoms with van der Waals surface area (Å²) in [5, 5.41) is 21.6. The molecule has 1 aliphatic rings. The zero-order valence-electron chi connectivity index (χ0n) is 7.53. The summed E-state index contributed by atoms with van der Waals surface area (Å²) < 4.78 is 5.17. The molecule has 1 saturated heterocycles. The van der Waals surface area contributed by atoms with Crippen molar-refractivity contribution in [3.8, 4) is 0 Å². The first-order valence-corrected chi connectivity index (χ1v) is 4.32. The normalized spacial score (nSPS) is 36.2. The molecule has 0 aromatic carbocycles. The van der Waals surface area contributed by atoms with Crippen LogP contribution in [0.3, 0.4) is 0 Å². The summed E-state index contributed by atoms with van der Waals surface area (Å²) in [5.74, 6) is 0. The Labute approximate surface area is 72.5 Å². The van der Waals surface area contributed by atoms with Crippen LogP contribution in [0.1, 0.15) is 13.8 Å². The number of hydrogen-bond donors (Lipinski definition) is 3. The predicted octanol–water partition coefficient (Wildman–Crippen LogP) is -0.895. The lowest BCUT2D eigenvalue weighted by molar-refractivity contribution is 0.0230. The van der Waals surface area contributed by atoms with Gasteiger partial charge in [-0.15, -0.1) is 0 Å². The van der Waals surface area contributed by atoms with Crippen LogP contribution in [0.2, 0.25) is 0 Å². The molecule has 0 saturated carbocycles. The Kier molecular flexibility index (Phi) is 3.46. The summed E-state index contributed by atoms with van der Waals surface area (Å²) in [6.45, 7) is 4.89. The van der Waals surface area contributed by atoms with E-state index in [2.05, 4.69) is 5.32 Å². The zero-order valence-corrected chi connectivity index (χ0v) is 7.53. The van der Waals surface area contributed by atoms with Crippen LogP contribution < -0.4 is 5.32 Å². The van der Waals surface area contributed by atoms with Gasteiger partial charge in [0.1, 0.15) is 12.2 Å². The molecule has 0 aliphatic carbocycles. The molecule has 4 nitrogen and oxygen atoms in total. The van der Waals surface area contributed by atoms with E-state index >= 15 is 0 Å². The maximum absolute atomic E-state index is 9.36. The van der Waals surface area contributed by atoms with Crippen LogP contribution in [0.25, 0.3) is 0 Å². The minimum absolute atomic E-state index is 0.242. The molecular formula is C8H17NO3. The van der Waals surface area contributed by atoms with Gasteiger partial charge in [-0.1, -0.05) is 13.8 Å². The second-order valence-electron chi connectivity index (χ2n) is 3.49. The molecular weight excluding hydrogens is 158 g/mol. The third-order valence-corrected chi connectivity index (χ3v) is 1.98. The third kappa shape index (κ3) is 2.42. The Morgan fingerprint density at radius 1 is 1.50 bits per heavy atom. The summed E-state index contributed by atoms with van der Waals surface area (Å²) in [5.41, 5.74) is 0. The molecule has 0 spiro atoms. The van der Waals surface area contributed by atoms with Crippen LogP contribution in [0.5, 0.6) is 0 Å². The van der Waals surface area contributed by atoms with Gasteiger partial charge in [0.25, 0.3) is 0 Å². The van der Waals surface area contributed by atoms with Crippen molar-refractivity contribution in [1.82, 2.24) is 5.32 Å². The van der Waals surface area contributed by atoms with E-state index in [0.29, 0.717) is 12.6 Å². The van der Waals surface area contributed by atoms with Crippen molar-refractivity contribution in [3.05, 3.63) is 0 Å². The van der Waals surface area contributed by atoms with Crippen molar-refractivity contribution < 1.29 is 14.9 Å². The van der Waals surface area contributed by atoms with Gasteiger partial charge in [0.05, 0.1) is 12.7 Å². The van der Waals surface area contributed by atoms with E-state index in [4.69, 9.17) is 9.84 Å². The number of nitrogens with one attached hydrogen (secondary N) is 1. The van der Waals surface area contributed by atoms with Gasteiger partial charge < -0.3 is 20.3 Å². The largest absolute Gasteiger partial charge is 0.388 e. The van der Waals surface area contributed by atoms with Crippen molar-refractivity contribution in [1.29, 1.82) is 0 Å². The molecule has 12 heavy (non-hydrogen) atoms. The molecule has 72 valence electrons. The van der Waals surface area contributed by atoms with Gasteiger partial charge in [-0.3, -0.25) is 0 Å². The molecule has 0 unspecified atom stereocenters. The quantitative estimate of drug-likeness (QED) is 0.520. The van der Waals surface area contributed by atoms with E-state index in [9.17, 15) is 5.11 Å². The van der Waals surface area contributed by atoms with E-state index in [-0.39, 0.29) is 12.7 Å². The average molecular weight is 175 g/mol. The second kappa shape index (κ2) is 4.18. The molecule has 3 N–H and O–H groups in total. The topological polar surface area (TPSA) is 61.7 Å². The maximum Gasteiger partial charge on any atom is 0.109 e. The monoisotopic (exact) mass is 175 g/mol. The van der Waals surface area contributed by atoms with Gasteiger partial charge in [-0.25, -0.2) is 0 Å². The van der Waals surface area contributed by atoms with Gasteiger partial charge >= 0.3 is 0 Å². The maximum atomic E-state index is 9.36. The molecule has 0 aromatic rings. The first-order chi connectivity index (χ1) is 5.61. The summed E-state index contributed by atoms with van der Waals surface area (Å²) in [7, 11) is 0. The second-order valence-corrected chi connectivity index (χ2v) is 3.49. The molecule has 1 fully saturated rings. The highest BCUT2D eigenvalue weighted by Gasteiger charge is 2.33. The number of aliphatic hydroxyl groups excluding tert-OH is 2. The highest BCUT2D eigenvalue weighted by atomic mass is 16.5. The number of rotatable bonds is 3. The number of hydrogen-bond acceptors (Lipinski definition) is 4. The van der Waals surface area contributed by atoms with Crippen LogP contribution in [-0.4, -0.2) is 47.7 Å². The fourth-order valence-corrected chi connectivity index (χ4v) is 1.20. The third-order valence-electron chi connectivity index (χ3n) is 1.98. The zero-order chi connectivity index (χ0) is 9.14. The van der Waals surface area contributed by atoms with Crippen molar-refractivity contribution in [3.63, 3.8) is 0 Å². The first kappa shape index (κ1) is 9.92. The van der Waals surface area contributed by atoms with Gasteiger partial charge in [-0.05, 0) is 0 Å². The highest BCUT2D eigenvalue weighted by molar-refractivity contribution is 4.84. The Hall–Kier alpha value is -0.160. The van der Waals surface area contributed by atoms with Crippen LogP contribution >= 0.6 is 0 Å². The highest BCUT2D eigenvalue weighted by Crippen LogP contribution is 2.13. The molecule has 0 aromatic heterocycles. The summed E-state index contributed by atoms with van der Waals surface area (Å²) in [6, 6.07) is 0.374. The number of ether oxygens (including phenoxy) is 1. The van der Waals surface area contributed by atoms with Crippen LogP contribution in [0.4, 0.5) is 0 Å². The van der Waals surface area contributed by atoms with E-state index in [1.807, 2.05) is 13.8 Å². The van der Waals surface area contributed by atoms with Crippen molar-refractivity contribution >= 4 is 0 Å². The lowest BCUT2D eigenvalue weighted by Crippen LogP contribution is -2.39. The van der Waals surface area contributed by atoms with Gasteiger partial charge in [0, 0.05) is 12.6 Å². The lowest BCUT2D eigenvalue weighted by atomic mass is 10.1. The molecule has 0 amide bonds. The molecule has 0 radical (unpaired) electrons. The van der Waals surface area contributed by atoms with Crippen LogP contribution in [-0.2, 0) is 4.74 Å². The van der Waals surface area contributed by atoms with Crippen LogP contribution in [0.15, 0.2) is 0 Å². The molecule has 1 rings (SSSR count). The smallest absolute Gasteiger partial charge is 0.109 e. The summed E-state index contributed by atoms with van der Waals surface area (Å²) in [4.78, 5) is 0. The summed E-state index contributed by atoms with van der Waals surface area (Å²) in [6.07, 6.45) is -1.72. The molecule has 0 bridgehead atoms. The first-order valence-electron chi connectivity index (χ1n) is 4.32. The van der Waals surface area contributed by atoms with E-state index in [0.717, 1.165) is 0 Å². The van der Waals surface area contributed by atoms with E-state index in [1.54, 1.807) is 0 Å².